The van der Waals surface area contributed by atoms with Crippen molar-refractivity contribution in [3.63, 3.8) is 0 Å². The molecule has 2 unspecified atom stereocenters. The van der Waals surface area contributed by atoms with Gasteiger partial charge < -0.3 is 5.11 Å². The van der Waals surface area contributed by atoms with E-state index in [1.54, 1.807) is 6.92 Å². The van der Waals surface area contributed by atoms with Gasteiger partial charge in [0.25, 0.3) is 0 Å². The minimum atomic E-state index is -1.07. The average molecular weight is 215 g/mol. The number of hydrogen-bond donors (Lipinski definition) is 2. The summed E-state index contributed by atoms with van der Waals surface area (Å²) in [4.78, 5) is 22.6. The highest BCUT2D eigenvalue weighted by atomic mass is 16.4. The molecule has 15 heavy (non-hydrogen) atoms. The summed E-state index contributed by atoms with van der Waals surface area (Å²) in [6, 6.07) is -1.04. The summed E-state index contributed by atoms with van der Waals surface area (Å²) in [5, 5.41) is 11.7. The normalized spacial score (nSPS) is 14.6. The number of carbonyl (C=O) groups excluding carboxylic acids is 1. The molecular weight excluding hydrogens is 194 g/mol. The molecule has 0 aromatic heterocycles. The first-order chi connectivity index (χ1) is 7.04. The lowest BCUT2D eigenvalue weighted by molar-refractivity contribution is -0.144. The molecule has 0 aliphatic carbocycles. The summed E-state index contributed by atoms with van der Waals surface area (Å²) in [5.74, 6) is -1.46. The maximum Gasteiger partial charge on any atom is 0.328 e. The number of carboxylic acids is 1. The molecule has 2 N–H and O–H groups in total. The number of nitrogens with one attached hydrogen (secondary N) is 1. The van der Waals surface area contributed by atoms with Crippen molar-refractivity contribution in [2.24, 2.45) is 5.92 Å². The molecule has 0 fully saturated rings. The fraction of sp³-hybridized carbons (Fsp3) is 0.818. The summed E-state index contributed by atoms with van der Waals surface area (Å²) >= 11 is 0. The van der Waals surface area contributed by atoms with Gasteiger partial charge in [0.2, 0.25) is 0 Å². The van der Waals surface area contributed by atoms with E-state index >= 15 is 0 Å². The van der Waals surface area contributed by atoms with Gasteiger partial charge in [-0.2, -0.15) is 0 Å². The molecule has 0 radical (unpaired) electrons. The highest BCUT2D eigenvalue weighted by molar-refractivity contribution is 6.03. The lowest BCUT2D eigenvalue weighted by atomic mass is 9.95. The second-order valence-corrected chi connectivity index (χ2v) is 3.82. The molecule has 0 aromatic carbocycles. The molecule has 2 atom stereocenters. The van der Waals surface area contributed by atoms with Crippen molar-refractivity contribution in [3.05, 3.63) is 0 Å². The highest BCUT2D eigenvalue weighted by Gasteiger charge is 2.28. The van der Waals surface area contributed by atoms with Crippen LogP contribution < -0.4 is 5.32 Å². The Morgan fingerprint density at radius 1 is 1.27 bits per heavy atom. The second kappa shape index (κ2) is 7.40. The molecule has 0 aromatic rings. The summed E-state index contributed by atoms with van der Waals surface area (Å²) in [6.45, 7) is 6.27. The van der Waals surface area contributed by atoms with E-state index in [2.05, 4.69) is 5.32 Å². The number of hydrogen-bond acceptors (Lipinski definition) is 3. The second-order valence-electron chi connectivity index (χ2n) is 3.82. The number of aliphatic carboxylic acids is 1. The molecule has 88 valence electrons. The van der Waals surface area contributed by atoms with Crippen LogP contribution in [0.5, 0.6) is 0 Å². The van der Waals surface area contributed by atoms with E-state index in [0.717, 1.165) is 19.3 Å². The Kier molecular flexibility index (Phi) is 6.96. The van der Waals surface area contributed by atoms with Gasteiger partial charge in [0.05, 0.1) is 0 Å². The van der Waals surface area contributed by atoms with Crippen LogP contribution >= 0.6 is 0 Å². The van der Waals surface area contributed by atoms with Gasteiger partial charge in [-0.1, -0.05) is 27.2 Å². The van der Waals surface area contributed by atoms with Gasteiger partial charge in [-0.25, -0.2) is 0 Å². The van der Waals surface area contributed by atoms with E-state index in [9.17, 15) is 9.59 Å². The van der Waals surface area contributed by atoms with E-state index in [-0.39, 0.29) is 11.7 Å². The minimum absolute atomic E-state index is 0.180. The van der Waals surface area contributed by atoms with Crippen molar-refractivity contribution < 1.29 is 14.7 Å². The Balaban J connectivity index is 4.34. The van der Waals surface area contributed by atoms with Crippen LogP contribution in [0.15, 0.2) is 0 Å². The van der Waals surface area contributed by atoms with Crippen LogP contribution in [-0.4, -0.2) is 29.4 Å². The average Bonchev–Trinajstić information content (AvgIpc) is 2.18. The molecule has 0 saturated carbocycles. The quantitative estimate of drug-likeness (QED) is 0.601. The van der Waals surface area contributed by atoms with E-state index in [0.29, 0.717) is 6.54 Å². The minimum Gasteiger partial charge on any atom is -0.480 e. The van der Waals surface area contributed by atoms with Gasteiger partial charge in [-0.15, -0.1) is 0 Å². The molecule has 4 heteroatoms. The Bertz CT molecular complexity index is 216. The summed E-state index contributed by atoms with van der Waals surface area (Å²) < 4.78 is 0. The van der Waals surface area contributed by atoms with Gasteiger partial charge in [-0.3, -0.25) is 14.9 Å². The fourth-order valence-corrected chi connectivity index (χ4v) is 1.46. The van der Waals surface area contributed by atoms with Crippen LogP contribution in [0.4, 0.5) is 0 Å². The van der Waals surface area contributed by atoms with E-state index < -0.39 is 12.0 Å². The maximum absolute atomic E-state index is 11.7. The predicted octanol–water partition coefficient (Wildman–Crippen LogP) is 1.44. The van der Waals surface area contributed by atoms with E-state index in [1.165, 1.54) is 0 Å². The Labute approximate surface area is 91.1 Å². The van der Waals surface area contributed by atoms with Crippen LogP contribution in [0, 0.1) is 5.92 Å². The topological polar surface area (TPSA) is 66.4 Å². The molecule has 0 saturated heterocycles. The number of rotatable bonds is 8. The van der Waals surface area contributed by atoms with Gasteiger partial charge in [0.15, 0.2) is 11.8 Å². The molecular formula is C11H21NO3. The van der Waals surface area contributed by atoms with Crippen LogP contribution in [-0.2, 0) is 9.59 Å². The largest absolute Gasteiger partial charge is 0.480 e. The lowest BCUT2D eigenvalue weighted by Gasteiger charge is -2.16. The van der Waals surface area contributed by atoms with Crippen LogP contribution in [0.25, 0.3) is 0 Å². The number of carboxylic acid groups (broad SMARTS) is 1. The molecule has 0 aliphatic rings. The highest BCUT2D eigenvalue weighted by Crippen LogP contribution is 2.09. The fourth-order valence-electron chi connectivity index (χ4n) is 1.46. The Hall–Kier alpha value is -0.900. The van der Waals surface area contributed by atoms with Gasteiger partial charge in [0, 0.05) is 5.92 Å². The monoisotopic (exact) mass is 215 g/mol. The number of ketones is 1. The zero-order valence-electron chi connectivity index (χ0n) is 9.75. The third kappa shape index (κ3) is 4.93. The molecule has 0 spiro atoms. The number of carbonyl (C=O) groups is 2. The molecule has 0 amide bonds. The van der Waals surface area contributed by atoms with Crippen molar-refractivity contribution in [1.29, 1.82) is 0 Å². The first-order valence-corrected chi connectivity index (χ1v) is 5.54. The zero-order valence-corrected chi connectivity index (χ0v) is 9.75. The zero-order chi connectivity index (χ0) is 11.8. The third-order valence-corrected chi connectivity index (χ3v) is 2.34. The van der Waals surface area contributed by atoms with Gasteiger partial charge in [-0.05, 0) is 19.4 Å². The smallest absolute Gasteiger partial charge is 0.328 e. The van der Waals surface area contributed by atoms with Crippen molar-refractivity contribution >= 4 is 11.8 Å². The Morgan fingerprint density at radius 2 is 1.87 bits per heavy atom. The standard InChI is InChI=1S/C11H21NO3/c1-4-6-8(3)10(13)9(11(14)15)12-7-5-2/h8-9,12H,4-7H2,1-3H3,(H,14,15). The lowest BCUT2D eigenvalue weighted by Crippen LogP contribution is -2.46. The Morgan fingerprint density at radius 3 is 2.27 bits per heavy atom. The van der Waals surface area contributed by atoms with Crippen molar-refractivity contribution in [2.45, 2.75) is 46.1 Å². The molecule has 4 nitrogen and oxygen atoms in total. The van der Waals surface area contributed by atoms with Crippen LogP contribution in [0.2, 0.25) is 0 Å². The molecule has 0 rings (SSSR count). The summed E-state index contributed by atoms with van der Waals surface area (Å²) in [5.41, 5.74) is 0. The molecule has 0 heterocycles. The summed E-state index contributed by atoms with van der Waals surface area (Å²) in [7, 11) is 0. The number of Topliss-reactive ketones (excluding diaryl/α,β-unsaturated/α-hetero) is 1. The van der Waals surface area contributed by atoms with Gasteiger partial charge >= 0.3 is 5.97 Å². The maximum atomic E-state index is 11.7. The molecule has 0 bridgehead atoms. The predicted molar refractivity (Wildman–Crippen MR) is 58.8 cm³/mol. The van der Waals surface area contributed by atoms with E-state index in [1.807, 2.05) is 13.8 Å². The summed E-state index contributed by atoms with van der Waals surface area (Å²) in [6.07, 6.45) is 2.46. The van der Waals surface area contributed by atoms with Crippen molar-refractivity contribution in [3.8, 4) is 0 Å². The van der Waals surface area contributed by atoms with Gasteiger partial charge in [0.1, 0.15) is 0 Å². The SMILES string of the molecule is CCCNC(C(=O)O)C(=O)C(C)CCC. The third-order valence-electron chi connectivity index (χ3n) is 2.34. The first-order valence-electron chi connectivity index (χ1n) is 5.54. The van der Waals surface area contributed by atoms with E-state index in [4.69, 9.17) is 5.11 Å². The van der Waals surface area contributed by atoms with Crippen molar-refractivity contribution in [1.82, 2.24) is 5.32 Å². The van der Waals surface area contributed by atoms with Crippen molar-refractivity contribution in [2.75, 3.05) is 6.54 Å². The molecule has 0 aliphatic heterocycles. The first kappa shape index (κ1) is 14.1. The van der Waals surface area contributed by atoms with Crippen LogP contribution in [0.3, 0.4) is 0 Å². The van der Waals surface area contributed by atoms with Crippen LogP contribution in [0.1, 0.15) is 40.0 Å².